The third-order valence-corrected chi connectivity index (χ3v) is 5.32. The van der Waals surface area contributed by atoms with E-state index in [0.717, 1.165) is 29.4 Å². The molecule has 23 heavy (non-hydrogen) atoms. The van der Waals surface area contributed by atoms with Crippen LogP contribution in [0, 0.1) is 5.92 Å². The van der Waals surface area contributed by atoms with Crippen LogP contribution in [0.2, 0.25) is 0 Å². The van der Waals surface area contributed by atoms with Gasteiger partial charge in [0.1, 0.15) is 0 Å². The van der Waals surface area contributed by atoms with Gasteiger partial charge in [-0.25, -0.2) is 4.98 Å². The van der Waals surface area contributed by atoms with Crippen LogP contribution in [-0.2, 0) is 12.8 Å². The molecule has 0 saturated carbocycles. The zero-order valence-corrected chi connectivity index (χ0v) is 13.7. The summed E-state index contributed by atoms with van der Waals surface area (Å²) in [5.41, 5.74) is 2.46. The topological polar surface area (TPSA) is 54.9 Å². The average Bonchev–Trinajstić information content (AvgIpc) is 2.95. The Morgan fingerprint density at radius 1 is 1.30 bits per heavy atom. The molecular weight excluding hydrogens is 306 g/mol. The molecule has 0 aliphatic heterocycles. The Bertz CT molecular complexity index is 882. The smallest absolute Gasteiger partial charge is 0.259 e. The van der Waals surface area contributed by atoms with E-state index in [9.17, 15) is 4.79 Å². The highest BCUT2D eigenvalue weighted by Crippen LogP contribution is 2.32. The molecule has 1 amide bonds. The summed E-state index contributed by atoms with van der Waals surface area (Å²) < 4.78 is 0. The predicted molar refractivity (Wildman–Crippen MR) is 93.0 cm³/mol. The SMILES string of the molecule is CC1CCc2nc(NC(=O)c3cccc4cccnc34)sc2C1. The number of pyridine rings is 1. The molecule has 0 saturated heterocycles. The van der Waals surface area contributed by atoms with Gasteiger partial charge in [-0.15, -0.1) is 11.3 Å². The summed E-state index contributed by atoms with van der Waals surface area (Å²) >= 11 is 1.60. The van der Waals surface area contributed by atoms with Crippen LogP contribution in [0.3, 0.4) is 0 Å². The monoisotopic (exact) mass is 323 g/mol. The maximum Gasteiger partial charge on any atom is 0.259 e. The maximum absolute atomic E-state index is 12.6. The summed E-state index contributed by atoms with van der Waals surface area (Å²) in [5, 5.41) is 4.61. The maximum atomic E-state index is 12.6. The number of nitrogens with zero attached hydrogens (tertiary/aromatic N) is 2. The van der Waals surface area contributed by atoms with Gasteiger partial charge in [0.25, 0.3) is 5.91 Å². The number of aryl methyl sites for hydroxylation is 1. The van der Waals surface area contributed by atoms with Crippen LogP contribution in [0.25, 0.3) is 10.9 Å². The Kier molecular flexibility index (Phi) is 3.58. The first-order chi connectivity index (χ1) is 11.2. The van der Waals surface area contributed by atoms with Crippen molar-refractivity contribution in [2.24, 2.45) is 5.92 Å². The van der Waals surface area contributed by atoms with Crippen LogP contribution in [0.15, 0.2) is 36.5 Å². The predicted octanol–water partition coefficient (Wildman–Crippen LogP) is 4.07. The highest BCUT2D eigenvalue weighted by atomic mass is 32.1. The number of hydrogen-bond donors (Lipinski definition) is 1. The van der Waals surface area contributed by atoms with Gasteiger partial charge in [-0.05, 0) is 37.3 Å². The van der Waals surface area contributed by atoms with E-state index in [1.54, 1.807) is 23.6 Å². The molecule has 1 aliphatic rings. The van der Waals surface area contributed by atoms with E-state index in [0.29, 0.717) is 16.6 Å². The minimum absolute atomic E-state index is 0.145. The number of amides is 1. The molecule has 0 radical (unpaired) electrons. The number of fused-ring (bicyclic) bond motifs is 2. The first kappa shape index (κ1) is 14.3. The minimum Gasteiger partial charge on any atom is -0.298 e. The molecule has 1 N–H and O–H groups in total. The summed E-state index contributed by atoms with van der Waals surface area (Å²) in [7, 11) is 0. The fourth-order valence-corrected chi connectivity index (χ4v) is 4.21. The number of nitrogens with one attached hydrogen (secondary N) is 1. The number of rotatable bonds is 2. The van der Waals surface area contributed by atoms with Crippen LogP contribution in [0.5, 0.6) is 0 Å². The van der Waals surface area contributed by atoms with Crippen LogP contribution >= 0.6 is 11.3 Å². The largest absolute Gasteiger partial charge is 0.298 e. The molecule has 0 spiro atoms. The van der Waals surface area contributed by atoms with Crippen molar-refractivity contribution in [2.45, 2.75) is 26.2 Å². The molecule has 1 aliphatic carbocycles. The van der Waals surface area contributed by atoms with Gasteiger partial charge in [0.2, 0.25) is 0 Å². The third kappa shape index (κ3) is 2.72. The lowest BCUT2D eigenvalue weighted by atomic mass is 9.93. The van der Waals surface area contributed by atoms with Crippen molar-refractivity contribution in [1.29, 1.82) is 0 Å². The highest BCUT2D eigenvalue weighted by Gasteiger charge is 2.21. The summed E-state index contributed by atoms with van der Waals surface area (Å²) in [5.74, 6) is 0.558. The van der Waals surface area contributed by atoms with Crippen molar-refractivity contribution in [2.75, 3.05) is 5.32 Å². The second-order valence-electron chi connectivity index (χ2n) is 6.07. The van der Waals surface area contributed by atoms with Gasteiger partial charge >= 0.3 is 0 Å². The average molecular weight is 323 g/mol. The van der Waals surface area contributed by atoms with E-state index in [4.69, 9.17) is 0 Å². The number of carbonyl (C=O) groups excluding carboxylic acids is 1. The van der Waals surface area contributed by atoms with Crippen molar-refractivity contribution in [1.82, 2.24) is 9.97 Å². The second-order valence-corrected chi connectivity index (χ2v) is 7.16. The fourth-order valence-electron chi connectivity index (χ4n) is 3.05. The molecule has 4 rings (SSSR count). The van der Waals surface area contributed by atoms with Crippen molar-refractivity contribution < 1.29 is 4.79 Å². The van der Waals surface area contributed by atoms with Crippen molar-refractivity contribution in [3.63, 3.8) is 0 Å². The quantitative estimate of drug-likeness (QED) is 0.773. The van der Waals surface area contributed by atoms with Gasteiger partial charge in [-0.1, -0.05) is 25.1 Å². The van der Waals surface area contributed by atoms with Gasteiger partial charge in [-0.2, -0.15) is 0 Å². The van der Waals surface area contributed by atoms with E-state index < -0.39 is 0 Å². The van der Waals surface area contributed by atoms with Crippen LogP contribution in [0.4, 0.5) is 5.13 Å². The Balaban J connectivity index is 1.63. The zero-order chi connectivity index (χ0) is 15.8. The first-order valence-corrected chi connectivity index (χ1v) is 8.66. The second kappa shape index (κ2) is 5.74. The molecule has 2 aromatic heterocycles. The van der Waals surface area contributed by atoms with E-state index in [1.807, 2.05) is 24.3 Å². The lowest BCUT2D eigenvalue weighted by Gasteiger charge is -2.15. The number of carbonyl (C=O) groups is 1. The lowest BCUT2D eigenvalue weighted by molar-refractivity contribution is 0.102. The van der Waals surface area contributed by atoms with Gasteiger partial charge in [0, 0.05) is 16.5 Å². The van der Waals surface area contributed by atoms with Crippen LogP contribution < -0.4 is 5.32 Å². The Morgan fingerprint density at radius 2 is 2.17 bits per heavy atom. The summed E-state index contributed by atoms with van der Waals surface area (Å²) in [6.45, 7) is 2.27. The molecule has 1 aromatic carbocycles. The molecule has 4 nitrogen and oxygen atoms in total. The lowest BCUT2D eigenvalue weighted by Crippen LogP contribution is -2.12. The molecule has 1 atom stereocenters. The summed E-state index contributed by atoms with van der Waals surface area (Å²) in [6, 6.07) is 9.49. The van der Waals surface area contributed by atoms with Crippen molar-refractivity contribution in [3.05, 3.63) is 52.7 Å². The number of aromatic nitrogens is 2. The van der Waals surface area contributed by atoms with Crippen LogP contribution in [0.1, 0.15) is 34.3 Å². The van der Waals surface area contributed by atoms with Gasteiger partial charge in [0.15, 0.2) is 5.13 Å². The first-order valence-electron chi connectivity index (χ1n) is 7.84. The standard InChI is InChI=1S/C18H17N3OS/c1-11-7-8-14-15(10-11)23-18(20-14)21-17(22)13-6-2-4-12-5-3-9-19-16(12)13/h2-6,9,11H,7-8,10H2,1H3,(H,20,21,22). The number of anilines is 1. The normalized spacial score (nSPS) is 17.0. The van der Waals surface area contributed by atoms with E-state index in [2.05, 4.69) is 22.2 Å². The minimum atomic E-state index is -0.145. The molecule has 0 bridgehead atoms. The number of thiazole rings is 1. The van der Waals surface area contributed by atoms with E-state index in [-0.39, 0.29) is 5.91 Å². The van der Waals surface area contributed by atoms with Gasteiger partial charge in [0.05, 0.1) is 16.8 Å². The molecule has 5 heteroatoms. The Hall–Kier alpha value is -2.27. The Morgan fingerprint density at radius 3 is 3.09 bits per heavy atom. The third-order valence-electron chi connectivity index (χ3n) is 4.28. The van der Waals surface area contributed by atoms with Gasteiger partial charge in [-0.3, -0.25) is 15.1 Å². The summed E-state index contributed by atoms with van der Waals surface area (Å²) in [6.07, 6.45) is 4.97. The molecular formula is C18H17N3OS. The van der Waals surface area contributed by atoms with E-state index >= 15 is 0 Å². The number of benzene rings is 1. The molecule has 2 heterocycles. The molecule has 0 fully saturated rings. The summed E-state index contributed by atoms with van der Waals surface area (Å²) in [4.78, 5) is 22.9. The Labute approximate surface area is 138 Å². The van der Waals surface area contributed by atoms with Crippen molar-refractivity contribution in [3.8, 4) is 0 Å². The molecule has 1 unspecified atom stereocenters. The fraction of sp³-hybridized carbons (Fsp3) is 0.278. The van der Waals surface area contributed by atoms with Crippen molar-refractivity contribution >= 4 is 33.3 Å². The van der Waals surface area contributed by atoms with Crippen LogP contribution in [-0.4, -0.2) is 15.9 Å². The van der Waals surface area contributed by atoms with E-state index in [1.165, 1.54) is 11.3 Å². The van der Waals surface area contributed by atoms with Gasteiger partial charge < -0.3 is 0 Å². The highest BCUT2D eigenvalue weighted by molar-refractivity contribution is 7.15. The zero-order valence-electron chi connectivity index (χ0n) is 12.9. The molecule has 3 aromatic rings. The number of hydrogen-bond acceptors (Lipinski definition) is 4. The number of para-hydroxylation sites is 1. The molecule has 116 valence electrons.